The number of anilines is 2. The number of pyridine rings is 1. The molecule has 6 nitrogen and oxygen atoms in total. The predicted molar refractivity (Wildman–Crippen MR) is 152 cm³/mol. The fraction of sp³-hybridized carbons (Fsp3) is 0.406. The lowest BCUT2D eigenvalue weighted by molar-refractivity contribution is -0.143. The molecule has 3 aliphatic rings. The van der Waals surface area contributed by atoms with Gasteiger partial charge in [-0.2, -0.15) is 26.3 Å². The summed E-state index contributed by atoms with van der Waals surface area (Å²) < 4.78 is 95.9. The van der Waals surface area contributed by atoms with Gasteiger partial charge in [0, 0.05) is 44.7 Å². The van der Waals surface area contributed by atoms with Crippen molar-refractivity contribution in [2.75, 3.05) is 36.5 Å². The van der Waals surface area contributed by atoms with Crippen molar-refractivity contribution < 1.29 is 40.3 Å². The molecule has 0 unspecified atom stereocenters. The molecular formula is C32H29F7N4O2. The van der Waals surface area contributed by atoms with Gasteiger partial charge < -0.3 is 14.7 Å². The largest absolute Gasteiger partial charge is 0.416 e. The first kappa shape index (κ1) is 30.8. The van der Waals surface area contributed by atoms with Crippen molar-refractivity contribution in [3.8, 4) is 11.1 Å². The first-order valence-corrected chi connectivity index (χ1v) is 14.5. The van der Waals surface area contributed by atoms with E-state index in [1.54, 1.807) is 19.1 Å². The average Bonchev–Trinajstić information content (AvgIpc) is 3.72. The van der Waals surface area contributed by atoms with Crippen LogP contribution in [0.25, 0.3) is 11.1 Å². The lowest BCUT2D eigenvalue weighted by Gasteiger charge is -2.38. The van der Waals surface area contributed by atoms with Gasteiger partial charge in [-0.25, -0.2) is 9.37 Å². The third kappa shape index (κ3) is 5.61. The summed E-state index contributed by atoms with van der Waals surface area (Å²) >= 11 is 0. The van der Waals surface area contributed by atoms with Crippen LogP contribution in [0.15, 0.2) is 48.7 Å². The van der Waals surface area contributed by atoms with Gasteiger partial charge in [-0.15, -0.1) is 0 Å². The lowest BCUT2D eigenvalue weighted by atomic mass is 9.90. The molecule has 3 heterocycles. The molecule has 1 atom stereocenters. The molecule has 3 aromatic rings. The number of aromatic nitrogens is 1. The summed E-state index contributed by atoms with van der Waals surface area (Å²) in [4.78, 5) is 35.9. The number of halogens is 7. The van der Waals surface area contributed by atoms with Crippen LogP contribution in [0.4, 0.5) is 42.2 Å². The Morgan fingerprint density at radius 2 is 1.62 bits per heavy atom. The zero-order chi connectivity index (χ0) is 32.5. The normalized spacial score (nSPS) is 19.5. The Kier molecular flexibility index (Phi) is 7.36. The maximum Gasteiger partial charge on any atom is 0.416 e. The summed E-state index contributed by atoms with van der Waals surface area (Å²) in [6.07, 6.45) is -7.32. The molecule has 2 aliphatic heterocycles. The third-order valence-electron chi connectivity index (χ3n) is 9.13. The zero-order valence-corrected chi connectivity index (χ0v) is 24.4. The van der Waals surface area contributed by atoms with Crippen LogP contribution in [0.3, 0.4) is 0 Å². The van der Waals surface area contributed by atoms with E-state index in [-0.39, 0.29) is 42.1 Å². The Morgan fingerprint density at radius 1 is 0.956 bits per heavy atom. The van der Waals surface area contributed by atoms with E-state index in [0.717, 1.165) is 6.42 Å². The van der Waals surface area contributed by atoms with Gasteiger partial charge in [0.1, 0.15) is 11.6 Å². The zero-order valence-electron chi connectivity index (χ0n) is 24.4. The number of nitrogens with zero attached hydrogens (tertiary/aromatic N) is 4. The van der Waals surface area contributed by atoms with Gasteiger partial charge >= 0.3 is 12.4 Å². The minimum atomic E-state index is -5.05. The van der Waals surface area contributed by atoms with Crippen LogP contribution in [0.5, 0.6) is 0 Å². The minimum absolute atomic E-state index is 0.0387. The molecule has 0 radical (unpaired) electrons. The third-order valence-corrected chi connectivity index (χ3v) is 9.13. The molecular weight excluding hydrogens is 605 g/mol. The van der Waals surface area contributed by atoms with Crippen LogP contribution in [0.2, 0.25) is 0 Å². The minimum Gasteiger partial charge on any atom is -0.353 e. The first-order chi connectivity index (χ1) is 21.1. The van der Waals surface area contributed by atoms with E-state index in [1.807, 2.05) is 9.80 Å². The second kappa shape index (κ2) is 10.7. The van der Waals surface area contributed by atoms with Gasteiger partial charge in [-0.05, 0) is 79.3 Å². The van der Waals surface area contributed by atoms with Crippen LogP contribution in [-0.2, 0) is 27.4 Å². The number of carbonyl (C=O) groups is 2. The van der Waals surface area contributed by atoms with Gasteiger partial charge in [0.25, 0.3) is 0 Å². The van der Waals surface area contributed by atoms with Crippen molar-refractivity contribution >= 4 is 23.3 Å². The molecule has 2 saturated heterocycles. The smallest absolute Gasteiger partial charge is 0.353 e. The fourth-order valence-corrected chi connectivity index (χ4v) is 6.51. The van der Waals surface area contributed by atoms with Gasteiger partial charge in [0.15, 0.2) is 0 Å². The van der Waals surface area contributed by atoms with E-state index in [1.165, 1.54) is 30.3 Å². The number of piperazine rings is 1. The molecule has 2 aromatic carbocycles. The molecule has 1 aliphatic carbocycles. The van der Waals surface area contributed by atoms with Crippen LogP contribution in [-0.4, -0.2) is 54.4 Å². The van der Waals surface area contributed by atoms with E-state index >= 15 is 0 Å². The van der Waals surface area contributed by atoms with Crippen molar-refractivity contribution in [2.24, 2.45) is 0 Å². The Labute approximate surface area is 254 Å². The Hall–Kier alpha value is -4.16. The molecule has 45 heavy (non-hydrogen) atoms. The summed E-state index contributed by atoms with van der Waals surface area (Å²) in [6, 6.07) is 7.21. The molecule has 0 N–H and O–H groups in total. The summed E-state index contributed by atoms with van der Waals surface area (Å²) in [6.45, 7) is 3.28. The van der Waals surface area contributed by atoms with Crippen molar-refractivity contribution in [3.05, 3.63) is 76.7 Å². The van der Waals surface area contributed by atoms with Crippen LogP contribution >= 0.6 is 0 Å². The van der Waals surface area contributed by atoms with Crippen LogP contribution in [0, 0.1) is 12.7 Å². The molecule has 238 valence electrons. The summed E-state index contributed by atoms with van der Waals surface area (Å²) in [5, 5.41) is 0. The van der Waals surface area contributed by atoms with E-state index in [4.69, 9.17) is 0 Å². The van der Waals surface area contributed by atoms with E-state index in [0.29, 0.717) is 60.7 Å². The van der Waals surface area contributed by atoms with Crippen molar-refractivity contribution in [1.82, 2.24) is 9.88 Å². The number of aryl methyl sites for hydroxylation is 1. The summed E-state index contributed by atoms with van der Waals surface area (Å²) in [5.41, 5.74) is -3.01. The standard InChI is InChI=1S/C32H29F7N4O2/c1-18-11-22(33)3-5-24(18)25-15-27(42-9-10-43-23(17-42)4-6-28(43)44)40-16-26(25)41(2)29(45)30(7-8-30)19-12-20(31(34,35)36)14-21(13-19)32(37,38)39/h3,5,11-16,23H,4,6-10,17H2,1-2H3/t23-/m0/s1. The first-order valence-electron chi connectivity index (χ1n) is 14.5. The average molecular weight is 635 g/mol. The Bertz CT molecular complexity index is 1650. The molecule has 0 bridgehead atoms. The summed E-state index contributed by atoms with van der Waals surface area (Å²) in [7, 11) is 1.41. The molecule has 6 rings (SSSR count). The van der Waals surface area contributed by atoms with E-state index in [9.17, 15) is 40.3 Å². The van der Waals surface area contributed by atoms with Crippen molar-refractivity contribution in [3.63, 3.8) is 0 Å². The number of alkyl halides is 6. The maximum absolute atomic E-state index is 14.1. The van der Waals surface area contributed by atoms with E-state index < -0.39 is 40.6 Å². The number of carbonyl (C=O) groups excluding carboxylic acids is 2. The fourth-order valence-electron chi connectivity index (χ4n) is 6.51. The summed E-state index contributed by atoms with van der Waals surface area (Å²) in [5.74, 6) is -0.474. The van der Waals surface area contributed by atoms with Crippen LogP contribution < -0.4 is 9.80 Å². The number of benzene rings is 2. The molecule has 0 spiro atoms. The van der Waals surface area contributed by atoms with Crippen molar-refractivity contribution in [2.45, 2.75) is 56.4 Å². The molecule has 1 aromatic heterocycles. The topological polar surface area (TPSA) is 56.8 Å². The van der Waals surface area contributed by atoms with Crippen molar-refractivity contribution in [1.29, 1.82) is 0 Å². The predicted octanol–water partition coefficient (Wildman–Crippen LogP) is 6.74. The lowest BCUT2D eigenvalue weighted by Crippen LogP contribution is -2.51. The molecule has 3 fully saturated rings. The molecule has 1 saturated carbocycles. The monoisotopic (exact) mass is 634 g/mol. The number of fused-ring (bicyclic) bond motifs is 1. The maximum atomic E-state index is 14.1. The second-order valence-corrected chi connectivity index (χ2v) is 12.0. The number of likely N-dealkylation sites (N-methyl/N-ethyl adjacent to an activating group) is 1. The molecule has 13 heteroatoms. The second-order valence-electron chi connectivity index (χ2n) is 12.0. The Morgan fingerprint density at radius 3 is 2.22 bits per heavy atom. The highest BCUT2D eigenvalue weighted by Crippen LogP contribution is 2.52. The number of hydrogen-bond acceptors (Lipinski definition) is 4. The van der Waals surface area contributed by atoms with Gasteiger partial charge in [-0.3, -0.25) is 9.59 Å². The Balaban J connectivity index is 1.39. The molecule has 2 amide bonds. The van der Waals surface area contributed by atoms with Gasteiger partial charge in [0.05, 0.1) is 28.4 Å². The highest BCUT2D eigenvalue weighted by molar-refractivity contribution is 6.05. The van der Waals surface area contributed by atoms with Crippen LogP contribution in [0.1, 0.15) is 47.9 Å². The van der Waals surface area contributed by atoms with Gasteiger partial charge in [0.2, 0.25) is 11.8 Å². The van der Waals surface area contributed by atoms with E-state index in [2.05, 4.69) is 4.98 Å². The number of amides is 2. The SMILES string of the molecule is Cc1cc(F)ccc1-c1cc(N2CCN3C(=O)CC[C@H]3C2)ncc1N(C)C(=O)C1(c2cc(C(F)(F)F)cc(C(F)(F)F)c2)CC1. The van der Waals surface area contributed by atoms with Gasteiger partial charge in [-0.1, -0.05) is 6.07 Å². The quantitative estimate of drug-likeness (QED) is 0.292. The highest BCUT2D eigenvalue weighted by Gasteiger charge is 2.54. The number of hydrogen-bond donors (Lipinski definition) is 0. The number of rotatable bonds is 5. The highest BCUT2D eigenvalue weighted by atomic mass is 19.4.